The zero-order valence-electron chi connectivity index (χ0n) is 17.1. The highest BCUT2D eigenvalue weighted by Crippen LogP contribution is 2.37. The normalized spacial score (nSPS) is 10.5. The predicted molar refractivity (Wildman–Crippen MR) is 121 cm³/mol. The summed E-state index contributed by atoms with van der Waals surface area (Å²) in [4.78, 5) is 0. The second-order valence-electron chi connectivity index (χ2n) is 6.56. The first-order valence-corrected chi connectivity index (χ1v) is 10.7. The monoisotopic (exact) mass is 473 g/mol. The molecule has 0 unspecified atom stereocenters. The maximum atomic E-state index is 13.1. The molecule has 0 atom stereocenters. The van der Waals surface area contributed by atoms with Crippen molar-refractivity contribution in [2.45, 2.75) is 27.0 Å². The molecule has 158 valence electrons. The van der Waals surface area contributed by atoms with Gasteiger partial charge in [-0.25, -0.2) is 4.39 Å². The van der Waals surface area contributed by atoms with Crippen LogP contribution in [0.5, 0.6) is 17.2 Å². The number of halogens is 2. The van der Waals surface area contributed by atoms with Crippen molar-refractivity contribution in [1.29, 1.82) is 0 Å². The zero-order valence-corrected chi connectivity index (χ0v) is 18.7. The molecule has 3 aromatic carbocycles. The summed E-state index contributed by atoms with van der Waals surface area (Å²) in [5.74, 6) is 1.88. The molecule has 30 heavy (non-hydrogen) atoms. The first kappa shape index (κ1) is 22.0. The SMILES string of the molecule is CCOc1ccc(NCc2cc(Br)c(OCc3ccc(F)cc3)c(OCC)c2)cc1. The Hall–Kier alpha value is -2.73. The Balaban J connectivity index is 1.69. The van der Waals surface area contributed by atoms with Crippen LogP contribution in [0.15, 0.2) is 65.1 Å². The fraction of sp³-hybridized carbons (Fsp3) is 0.250. The van der Waals surface area contributed by atoms with Crippen molar-refractivity contribution in [2.24, 2.45) is 0 Å². The van der Waals surface area contributed by atoms with Crippen LogP contribution in [0, 0.1) is 5.82 Å². The largest absolute Gasteiger partial charge is 0.494 e. The molecule has 3 rings (SSSR count). The third kappa shape index (κ3) is 6.13. The number of nitrogens with one attached hydrogen (secondary N) is 1. The minimum atomic E-state index is -0.265. The van der Waals surface area contributed by atoms with Crippen molar-refractivity contribution < 1.29 is 18.6 Å². The summed E-state index contributed by atoms with van der Waals surface area (Å²) in [6.07, 6.45) is 0. The number of rotatable bonds is 10. The van der Waals surface area contributed by atoms with E-state index >= 15 is 0 Å². The Morgan fingerprint density at radius 2 is 1.53 bits per heavy atom. The fourth-order valence-electron chi connectivity index (χ4n) is 2.90. The molecule has 0 fully saturated rings. The number of benzene rings is 3. The van der Waals surface area contributed by atoms with E-state index in [-0.39, 0.29) is 5.82 Å². The molecule has 0 spiro atoms. The lowest BCUT2D eigenvalue weighted by Gasteiger charge is -2.16. The second-order valence-corrected chi connectivity index (χ2v) is 7.42. The highest BCUT2D eigenvalue weighted by Gasteiger charge is 2.13. The molecule has 1 N–H and O–H groups in total. The van der Waals surface area contributed by atoms with Crippen LogP contribution in [0.3, 0.4) is 0 Å². The van der Waals surface area contributed by atoms with E-state index in [1.165, 1.54) is 12.1 Å². The van der Waals surface area contributed by atoms with Gasteiger partial charge < -0.3 is 19.5 Å². The summed E-state index contributed by atoms with van der Waals surface area (Å²) in [6.45, 7) is 6.02. The third-order valence-electron chi connectivity index (χ3n) is 4.33. The lowest BCUT2D eigenvalue weighted by Crippen LogP contribution is -2.04. The van der Waals surface area contributed by atoms with Crippen LogP contribution in [-0.2, 0) is 13.2 Å². The van der Waals surface area contributed by atoms with Gasteiger partial charge in [0.05, 0.1) is 17.7 Å². The van der Waals surface area contributed by atoms with Crippen molar-refractivity contribution in [3.8, 4) is 17.2 Å². The zero-order chi connectivity index (χ0) is 21.3. The highest BCUT2D eigenvalue weighted by atomic mass is 79.9. The van der Waals surface area contributed by atoms with E-state index in [9.17, 15) is 4.39 Å². The molecule has 0 bridgehead atoms. The van der Waals surface area contributed by atoms with Gasteiger partial charge in [-0.05, 0) is 89.4 Å². The Labute approximate surface area is 185 Å². The highest BCUT2D eigenvalue weighted by molar-refractivity contribution is 9.10. The van der Waals surface area contributed by atoms with E-state index in [2.05, 4.69) is 21.2 Å². The second kappa shape index (κ2) is 10.9. The maximum absolute atomic E-state index is 13.1. The summed E-state index contributed by atoms with van der Waals surface area (Å²) < 4.78 is 31.1. The van der Waals surface area contributed by atoms with E-state index in [1.54, 1.807) is 12.1 Å². The molecule has 0 aromatic heterocycles. The number of hydrogen-bond donors (Lipinski definition) is 1. The smallest absolute Gasteiger partial charge is 0.175 e. The van der Waals surface area contributed by atoms with E-state index in [0.717, 1.165) is 27.0 Å². The van der Waals surface area contributed by atoms with Crippen molar-refractivity contribution in [1.82, 2.24) is 0 Å². The summed E-state index contributed by atoms with van der Waals surface area (Å²) in [7, 11) is 0. The molecule has 0 aliphatic carbocycles. The topological polar surface area (TPSA) is 39.7 Å². The molecule has 0 aliphatic rings. The third-order valence-corrected chi connectivity index (χ3v) is 4.92. The average Bonchev–Trinajstić information content (AvgIpc) is 2.74. The van der Waals surface area contributed by atoms with E-state index < -0.39 is 0 Å². The number of hydrogen-bond acceptors (Lipinski definition) is 4. The molecule has 3 aromatic rings. The van der Waals surface area contributed by atoms with Crippen LogP contribution >= 0.6 is 15.9 Å². The molecule has 0 saturated heterocycles. The average molecular weight is 474 g/mol. The Morgan fingerprint density at radius 1 is 0.833 bits per heavy atom. The van der Waals surface area contributed by atoms with Crippen LogP contribution in [0.1, 0.15) is 25.0 Å². The van der Waals surface area contributed by atoms with E-state index in [0.29, 0.717) is 37.9 Å². The van der Waals surface area contributed by atoms with Gasteiger partial charge in [-0.1, -0.05) is 12.1 Å². The van der Waals surface area contributed by atoms with Crippen LogP contribution < -0.4 is 19.5 Å². The van der Waals surface area contributed by atoms with Gasteiger partial charge in [-0.15, -0.1) is 0 Å². The molecule has 0 heterocycles. The van der Waals surface area contributed by atoms with Gasteiger partial charge in [-0.3, -0.25) is 0 Å². The summed E-state index contributed by atoms with van der Waals surface area (Å²) in [5, 5.41) is 3.40. The van der Waals surface area contributed by atoms with Crippen LogP contribution in [-0.4, -0.2) is 13.2 Å². The van der Waals surface area contributed by atoms with Gasteiger partial charge in [0.15, 0.2) is 11.5 Å². The lowest BCUT2D eigenvalue weighted by molar-refractivity contribution is 0.267. The van der Waals surface area contributed by atoms with Gasteiger partial charge in [0, 0.05) is 12.2 Å². The fourth-order valence-corrected chi connectivity index (χ4v) is 3.51. The van der Waals surface area contributed by atoms with Crippen LogP contribution in [0.2, 0.25) is 0 Å². The first-order chi connectivity index (χ1) is 14.6. The van der Waals surface area contributed by atoms with Crippen molar-refractivity contribution >= 4 is 21.6 Å². The number of ether oxygens (including phenoxy) is 3. The minimum absolute atomic E-state index is 0.265. The van der Waals surface area contributed by atoms with Gasteiger partial charge in [0.2, 0.25) is 0 Å². The summed E-state index contributed by atoms with van der Waals surface area (Å²) in [5.41, 5.74) is 2.93. The van der Waals surface area contributed by atoms with Crippen molar-refractivity contribution in [3.63, 3.8) is 0 Å². The Kier molecular flexibility index (Phi) is 7.97. The molecule has 6 heteroatoms. The number of anilines is 1. The molecule has 4 nitrogen and oxygen atoms in total. The van der Waals surface area contributed by atoms with Gasteiger partial charge in [-0.2, -0.15) is 0 Å². The Bertz CT molecular complexity index is 946. The molecular formula is C24H25BrFNO3. The lowest BCUT2D eigenvalue weighted by atomic mass is 10.2. The van der Waals surface area contributed by atoms with Crippen molar-refractivity contribution in [3.05, 3.63) is 82.1 Å². The Morgan fingerprint density at radius 3 is 2.20 bits per heavy atom. The van der Waals surface area contributed by atoms with Gasteiger partial charge in [0.1, 0.15) is 18.2 Å². The van der Waals surface area contributed by atoms with E-state index in [4.69, 9.17) is 14.2 Å². The van der Waals surface area contributed by atoms with E-state index in [1.807, 2.05) is 50.2 Å². The van der Waals surface area contributed by atoms with Gasteiger partial charge in [0.25, 0.3) is 0 Å². The maximum Gasteiger partial charge on any atom is 0.175 e. The molecule has 0 saturated carbocycles. The summed E-state index contributed by atoms with van der Waals surface area (Å²) >= 11 is 3.60. The van der Waals surface area contributed by atoms with Crippen molar-refractivity contribution in [2.75, 3.05) is 18.5 Å². The molecule has 0 aliphatic heterocycles. The summed E-state index contributed by atoms with van der Waals surface area (Å²) in [6, 6.07) is 18.1. The molecular weight excluding hydrogens is 449 g/mol. The first-order valence-electron chi connectivity index (χ1n) is 9.88. The molecule has 0 amide bonds. The quantitative estimate of drug-likeness (QED) is 0.361. The predicted octanol–water partition coefficient (Wildman–Crippen LogP) is 6.58. The van der Waals surface area contributed by atoms with Crippen LogP contribution in [0.25, 0.3) is 0 Å². The minimum Gasteiger partial charge on any atom is -0.494 e. The molecule has 0 radical (unpaired) electrons. The van der Waals surface area contributed by atoms with Gasteiger partial charge >= 0.3 is 0 Å². The van der Waals surface area contributed by atoms with Crippen LogP contribution in [0.4, 0.5) is 10.1 Å². The standard InChI is InChI=1S/C24H25BrFNO3/c1-3-28-21-11-9-20(10-12-21)27-15-18-13-22(25)24(23(14-18)29-4-2)30-16-17-5-7-19(26)8-6-17/h5-14,27H,3-4,15-16H2,1-2H3.